The summed E-state index contributed by atoms with van der Waals surface area (Å²) in [4.78, 5) is 0. The van der Waals surface area contributed by atoms with E-state index in [-0.39, 0.29) is 6.04 Å². The third-order valence-electron chi connectivity index (χ3n) is 2.27. The lowest BCUT2D eigenvalue weighted by Crippen LogP contribution is -2.17. The minimum atomic E-state index is 0.264. The van der Waals surface area contributed by atoms with E-state index in [4.69, 9.17) is 5.73 Å². The average Bonchev–Trinajstić information content (AvgIpc) is 2.50. The maximum atomic E-state index is 5.74. The molecule has 3 nitrogen and oxygen atoms in total. The lowest BCUT2D eigenvalue weighted by Gasteiger charge is -2.11. The van der Waals surface area contributed by atoms with Crippen molar-refractivity contribution in [2.24, 2.45) is 5.73 Å². The van der Waals surface area contributed by atoms with Gasteiger partial charge in [-0.15, -0.1) is 0 Å². The molecule has 0 radical (unpaired) electrons. The highest BCUT2D eigenvalue weighted by molar-refractivity contribution is 5.10. The summed E-state index contributed by atoms with van der Waals surface area (Å²) in [5, 5.41) is 4.24. The van der Waals surface area contributed by atoms with Crippen LogP contribution in [-0.4, -0.2) is 15.8 Å². The molecular formula is C10H19N3. The molecule has 1 rings (SSSR count). The van der Waals surface area contributed by atoms with Gasteiger partial charge in [-0.2, -0.15) is 5.10 Å². The van der Waals surface area contributed by atoms with Gasteiger partial charge in [0.25, 0.3) is 0 Å². The molecule has 0 aliphatic carbocycles. The Hall–Kier alpha value is -0.830. The van der Waals surface area contributed by atoms with Crippen molar-refractivity contribution >= 4 is 0 Å². The molecule has 0 saturated carbocycles. The van der Waals surface area contributed by atoms with E-state index in [1.807, 2.05) is 17.8 Å². The monoisotopic (exact) mass is 181 g/mol. The van der Waals surface area contributed by atoms with Crippen LogP contribution in [0.5, 0.6) is 0 Å². The second-order valence-electron chi connectivity index (χ2n) is 3.74. The Labute approximate surface area is 79.9 Å². The summed E-state index contributed by atoms with van der Waals surface area (Å²) in [5.41, 5.74) is 7.03. The normalized spacial score (nSPS) is 15.7. The highest BCUT2D eigenvalue weighted by atomic mass is 15.3. The first kappa shape index (κ1) is 10.3. The Morgan fingerprint density at radius 3 is 2.69 bits per heavy atom. The first-order chi connectivity index (χ1) is 6.13. The zero-order valence-electron chi connectivity index (χ0n) is 8.70. The van der Waals surface area contributed by atoms with Crippen LogP contribution in [0.3, 0.4) is 0 Å². The molecule has 0 spiro atoms. The molecule has 0 bridgehead atoms. The Bertz CT molecular complexity index is 252. The zero-order chi connectivity index (χ0) is 9.84. The molecule has 2 unspecified atom stereocenters. The van der Waals surface area contributed by atoms with Crippen LogP contribution >= 0.6 is 0 Å². The van der Waals surface area contributed by atoms with Gasteiger partial charge < -0.3 is 5.73 Å². The Morgan fingerprint density at radius 2 is 2.23 bits per heavy atom. The van der Waals surface area contributed by atoms with Gasteiger partial charge in [0.15, 0.2) is 0 Å². The first-order valence-electron chi connectivity index (χ1n) is 4.91. The highest BCUT2D eigenvalue weighted by Crippen LogP contribution is 2.18. The van der Waals surface area contributed by atoms with Crippen LogP contribution in [-0.2, 0) is 6.54 Å². The van der Waals surface area contributed by atoms with Gasteiger partial charge in [-0.3, -0.25) is 4.68 Å². The summed E-state index contributed by atoms with van der Waals surface area (Å²) in [5.74, 6) is 0.514. The third kappa shape index (κ3) is 2.84. The van der Waals surface area contributed by atoms with Crippen molar-refractivity contribution in [1.29, 1.82) is 0 Å². The van der Waals surface area contributed by atoms with Gasteiger partial charge in [0.1, 0.15) is 0 Å². The maximum absolute atomic E-state index is 5.74. The molecule has 0 aliphatic rings. The molecule has 13 heavy (non-hydrogen) atoms. The van der Waals surface area contributed by atoms with Crippen LogP contribution in [0.4, 0.5) is 0 Å². The van der Waals surface area contributed by atoms with Gasteiger partial charge in [0.05, 0.1) is 6.20 Å². The van der Waals surface area contributed by atoms with E-state index in [0.29, 0.717) is 5.92 Å². The van der Waals surface area contributed by atoms with Crippen LogP contribution in [0.15, 0.2) is 12.4 Å². The first-order valence-corrected chi connectivity index (χ1v) is 4.91. The fourth-order valence-electron chi connectivity index (χ4n) is 1.50. The largest absolute Gasteiger partial charge is 0.328 e. The highest BCUT2D eigenvalue weighted by Gasteiger charge is 2.09. The smallest absolute Gasteiger partial charge is 0.0524 e. The molecule has 0 saturated heterocycles. The van der Waals surface area contributed by atoms with Crippen molar-refractivity contribution in [1.82, 2.24) is 9.78 Å². The van der Waals surface area contributed by atoms with E-state index in [9.17, 15) is 0 Å². The van der Waals surface area contributed by atoms with Crippen LogP contribution in [0, 0.1) is 0 Å². The quantitative estimate of drug-likeness (QED) is 0.769. The molecule has 3 heteroatoms. The van der Waals surface area contributed by atoms with Crippen LogP contribution in [0.1, 0.15) is 38.7 Å². The van der Waals surface area contributed by atoms with Crippen LogP contribution in [0.25, 0.3) is 0 Å². The van der Waals surface area contributed by atoms with Gasteiger partial charge in [0.2, 0.25) is 0 Å². The van der Waals surface area contributed by atoms with Crippen molar-refractivity contribution < 1.29 is 0 Å². The summed E-state index contributed by atoms with van der Waals surface area (Å²) in [6.07, 6.45) is 5.07. The second-order valence-corrected chi connectivity index (χ2v) is 3.74. The van der Waals surface area contributed by atoms with Crippen LogP contribution in [0.2, 0.25) is 0 Å². The van der Waals surface area contributed by atoms with Gasteiger partial charge in [0, 0.05) is 18.8 Å². The van der Waals surface area contributed by atoms with E-state index in [0.717, 1.165) is 13.0 Å². The summed E-state index contributed by atoms with van der Waals surface area (Å²) in [6, 6.07) is 0.264. The molecule has 0 fully saturated rings. The molecule has 2 N–H and O–H groups in total. The van der Waals surface area contributed by atoms with E-state index >= 15 is 0 Å². The van der Waals surface area contributed by atoms with Crippen molar-refractivity contribution in [3.8, 4) is 0 Å². The number of nitrogens with zero attached hydrogens (tertiary/aromatic N) is 2. The molecule has 74 valence electrons. The number of hydrogen-bond acceptors (Lipinski definition) is 2. The maximum Gasteiger partial charge on any atom is 0.0524 e. The predicted molar refractivity (Wildman–Crippen MR) is 54.6 cm³/mol. The molecule has 1 aromatic rings. The summed E-state index contributed by atoms with van der Waals surface area (Å²) in [6.45, 7) is 7.26. The van der Waals surface area contributed by atoms with Gasteiger partial charge in [-0.1, -0.05) is 6.92 Å². The summed E-state index contributed by atoms with van der Waals surface area (Å²) in [7, 11) is 0. The van der Waals surface area contributed by atoms with Crippen molar-refractivity contribution in [2.75, 3.05) is 0 Å². The molecule has 0 aromatic carbocycles. The molecule has 1 aromatic heterocycles. The van der Waals surface area contributed by atoms with E-state index < -0.39 is 0 Å². The van der Waals surface area contributed by atoms with Crippen LogP contribution < -0.4 is 5.73 Å². The SMILES string of the molecule is CCn1cc(C(C)CC(C)N)cn1. The minimum absolute atomic E-state index is 0.264. The molecule has 2 atom stereocenters. The Morgan fingerprint density at radius 1 is 1.54 bits per heavy atom. The average molecular weight is 181 g/mol. The molecule has 0 amide bonds. The lowest BCUT2D eigenvalue weighted by atomic mass is 9.98. The van der Waals surface area contributed by atoms with Gasteiger partial charge in [-0.05, 0) is 31.7 Å². The number of nitrogens with two attached hydrogens (primary N) is 1. The predicted octanol–water partition coefficient (Wildman–Crippen LogP) is 1.74. The fourth-order valence-corrected chi connectivity index (χ4v) is 1.50. The number of hydrogen-bond donors (Lipinski definition) is 1. The minimum Gasteiger partial charge on any atom is -0.328 e. The van der Waals surface area contributed by atoms with Gasteiger partial charge >= 0.3 is 0 Å². The Balaban J connectivity index is 2.60. The molecule has 1 heterocycles. The lowest BCUT2D eigenvalue weighted by molar-refractivity contribution is 0.584. The van der Waals surface area contributed by atoms with E-state index in [2.05, 4.69) is 25.1 Å². The standard InChI is InChI=1S/C10H19N3/c1-4-13-7-10(6-12-13)8(2)5-9(3)11/h6-9H,4-5,11H2,1-3H3. The second kappa shape index (κ2) is 4.42. The van der Waals surface area contributed by atoms with E-state index in [1.165, 1.54) is 5.56 Å². The number of aryl methyl sites for hydroxylation is 1. The van der Waals surface area contributed by atoms with Crippen molar-refractivity contribution in [3.05, 3.63) is 18.0 Å². The van der Waals surface area contributed by atoms with Gasteiger partial charge in [-0.25, -0.2) is 0 Å². The third-order valence-corrected chi connectivity index (χ3v) is 2.27. The molecule has 0 aliphatic heterocycles. The van der Waals surface area contributed by atoms with E-state index in [1.54, 1.807) is 0 Å². The zero-order valence-corrected chi connectivity index (χ0v) is 8.70. The summed E-state index contributed by atoms with van der Waals surface area (Å²) < 4.78 is 1.95. The fraction of sp³-hybridized carbons (Fsp3) is 0.700. The Kier molecular flexibility index (Phi) is 3.48. The number of rotatable bonds is 4. The van der Waals surface area contributed by atoms with Crippen molar-refractivity contribution in [2.45, 2.75) is 45.7 Å². The summed E-state index contributed by atoms with van der Waals surface area (Å²) >= 11 is 0. The topological polar surface area (TPSA) is 43.8 Å². The molecular weight excluding hydrogens is 162 g/mol. The number of aromatic nitrogens is 2. The van der Waals surface area contributed by atoms with Crippen molar-refractivity contribution in [3.63, 3.8) is 0 Å².